The first-order valence-corrected chi connectivity index (χ1v) is 12.2. The Labute approximate surface area is 191 Å². The Balaban J connectivity index is 1.32. The fraction of sp³-hybridized carbons (Fsp3) is 0.478. The molecular formula is C23H28N6O2S. The first-order valence-electron chi connectivity index (χ1n) is 11.4. The van der Waals surface area contributed by atoms with Crippen LogP contribution in [-0.4, -0.2) is 69.6 Å². The quantitative estimate of drug-likeness (QED) is 0.606. The summed E-state index contributed by atoms with van der Waals surface area (Å²) in [6, 6.07) is 11.7. The minimum atomic E-state index is -0.387. The molecule has 0 bridgehead atoms. The van der Waals surface area contributed by atoms with Crippen molar-refractivity contribution in [1.82, 2.24) is 24.4 Å². The number of benzene rings is 1. The molecule has 5 rings (SSSR count). The van der Waals surface area contributed by atoms with Gasteiger partial charge in [0.15, 0.2) is 0 Å². The Morgan fingerprint density at radius 3 is 2.38 bits per heavy atom. The van der Waals surface area contributed by atoms with E-state index in [1.807, 2.05) is 11.0 Å². The molecule has 1 aromatic carbocycles. The normalized spacial score (nSPS) is 18.1. The molecule has 1 amide bonds. The van der Waals surface area contributed by atoms with E-state index in [1.165, 1.54) is 35.8 Å². The number of piperazine rings is 1. The third kappa shape index (κ3) is 4.54. The molecule has 3 aromatic rings. The number of rotatable bonds is 4. The molecule has 2 aromatic heterocycles. The van der Waals surface area contributed by atoms with Crippen molar-refractivity contribution in [3.8, 4) is 0 Å². The number of nitrogens with zero attached hydrogens (tertiary/aromatic N) is 6. The number of hydrogen-bond donors (Lipinski definition) is 0. The molecule has 0 radical (unpaired) electrons. The molecule has 168 valence electrons. The van der Waals surface area contributed by atoms with E-state index in [0.717, 1.165) is 50.7 Å². The van der Waals surface area contributed by atoms with Crippen molar-refractivity contribution < 1.29 is 4.79 Å². The van der Waals surface area contributed by atoms with Crippen molar-refractivity contribution in [2.24, 2.45) is 0 Å². The average molecular weight is 453 g/mol. The molecule has 32 heavy (non-hydrogen) atoms. The van der Waals surface area contributed by atoms with E-state index in [0.29, 0.717) is 23.7 Å². The molecule has 9 heteroatoms. The first-order chi connectivity index (χ1) is 15.7. The zero-order valence-electron chi connectivity index (χ0n) is 18.2. The van der Waals surface area contributed by atoms with Gasteiger partial charge in [0.1, 0.15) is 5.69 Å². The SMILES string of the molecule is O=C(c1cc(=O)nc2sc(N3CCCCCC3)nn12)N1CCN(Cc2ccccc2)CC1. The Morgan fingerprint density at radius 1 is 0.938 bits per heavy atom. The van der Waals surface area contributed by atoms with Crippen molar-refractivity contribution in [3.63, 3.8) is 0 Å². The summed E-state index contributed by atoms with van der Waals surface area (Å²) in [4.78, 5) is 36.6. The van der Waals surface area contributed by atoms with Crippen LogP contribution in [0.4, 0.5) is 5.13 Å². The third-order valence-corrected chi connectivity index (χ3v) is 7.22. The summed E-state index contributed by atoms with van der Waals surface area (Å²) in [7, 11) is 0. The number of amides is 1. The van der Waals surface area contributed by atoms with E-state index in [2.05, 4.69) is 39.0 Å². The molecule has 0 atom stereocenters. The second-order valence-electron chi connectivity index (χ2n) is 8.51. The number of carbonyl (C=O) groups excluding carboxylic acids is 1. The highest BCUT2D eigenvalue weighted by molar-refractivity contribution is 7.20. The molecule has 2 fully saturated rings. The van der Waals surface area contributed by atoms with Gasteiger partial charge in [-0.2, -0.15) is 9.50 Å². The molecule has 0 aliphatic carbocycles. The van der Waals surface area contributed by atoms with Crippen LogP contribution in [-0.2, 0) is 6.54 Å². The lowest BCUT2D eigenvalue weighted by molar-refractivity contribution is 0.0619. The average Bonchev–Trinajstić information content (AvgIpc) is 3.05. The van der Waals surface area contributed by atoms with Gasteiger partial charge in [0.2, 0.25) is 10.1 Å². The van der Waals surface area contributed by atoms with Crippen molar-refractivity contribution in [2.75, 3.05) is 44.2 Å². The summed E-state index contributed by atoms with van der Waals surface area (Å²) < 4.78 is 1.57. The molecule has 0 spiro atoms. The van der Waals surface area contributed by atoms with Crippen LogP contribution in [0.5, 0.6) is 0 Å². The van der Waals surface area contributed by atoms with E-state index >= 15 is 0 Å². The monoisotopic (exact) mass is 452 g/mol. The highest BCUT2D eigenvalue weighted by Crippen LogP contribution is 2.25. The summed E-state index contributed by atoms with van der Waals surface area (Å²) in [5.74, 6) is -0.147. The van der Waals surface area contributed by atoms with E-state index in [9.17, 15) is 9.59 Å². The van der Waals surface area contributed by atoms with Crippen LogP contribution in [0.3, 0.4) is 0 Å². The van der Waals surface area contributed by atoms with Crippen LogP contribution in [0.25, 0.3) is 4.96 Å². The van der Waals surface area contributed by atoms with Gasteiger partial charge in [-0.05, 0) is 18.4 Å². The largest absolute Gasteiger partial charge is 0.347 e. The third-order valence-electron chi connectivity index (χ3n) is 6.25. The number of hydrogen-bond acceptors (Lipinski definition) is 7. The molecule has 8 nitrogen and oxygen atoms in total. The van der Waals surface area contributed by atoms with Gasteiger partial charge >= 0.3 is 0 Å². The lowest BCUT2D eigenvalue weighted by Crippen LogP contribution is -2.48. The van der Waals surface area contributed by atoms with E-state index in [4.69, 9.17) is 5.10 Å². The zero-order chi connectivity index (χ0) is 21.9. The molecule has 0 N–H and O–H groups in total. The van der Waals surface area contributed by atoms with Gasteiger partial charge in [-0.3, -0.25) is 14.5 Å². The molecule has 4 heterocycles. The van der Waals surface area contributed by atoms with Gasteiger partial charge < -0.3 is 9.80 Å². The highest BCUT2D eigenvalue weighted by atomic mass is 32.1. The molecule has 2 saturated heterocycles. The van der Waals surface area contributed by atoms with Gasteiger partial charge in [-0.1, -0.05) is 54.5 Å². The van der Waals surface area contributed by atoms with Crippen molar-refractivity contribution >= 4 is 27.3 Å². The van der Waals surface area contributed by atoms with Crippen molar-refractivity contribution in [2.45, 2.75) is 32.2 Å². The number of fused-ring (bicyclic) bond motifs is 1. The lowest BCUT2D eigenvalue weighted by atomic mass is 10.2. The van der Waals surface area contributed by atoms with Gasteiger partial charge in [0.05, 0.1) is 0 Å². The van der Waals surface area contributed by atoms with Gasteiger partial charge in [0, 0.05) is 51.9 Å². The second kappa shape index (κ2) is 9.38. The summed E-state index contributed by atoms with van der Waals surface area (Å²) >= 11 is 1.39. The predicted molar refractivity (Wildman–Crippen MR) is 125 cm³/mol. The Hall–Kier alpha value is -2.78. The zero-order valence-corrected chi connectivity index (χ0v) is 19.0. The maximum absolute atomic E-state index is 13.3. The summed E-state index contributed by atoms with van der Waals surface area (Å²) in [5, 5.41) is 5.55. The molecule has 0 unspecified atom stereocenters. The number of aromatic nitrogens is 3. The predicted octanol–water partition coefficient (Wildman–Crippen LogP) is 2.49. The van der Waals surface area contributed by atoms with E-state index in [-0.39, 0.29) is 11.5 Å². The van der Waals surface area contributed by atoms with E-state index in [1.54, 1.807) is 4.52 Å². The second-order valence-corrected chi connectivity index (χ2v) is 9.45. The van der Waals surface area contributed by atoms with Crippen LogP contribution in [0.15, 0.2) is 41.2 Å². The van der Waals surface area contributed by atoms with Crippen LogP contribution in [0.1, 0.15) is 41.7 Å². The summed E-state index contributed by atoms with van der Waals surface area (Å²) in [6.07, 6.45) is 4.74. The Kier molecular flexibility index (Phi) is 6.18. The lowest BCUT2D eigenvalue weighted by Gasteiger charge is -2.34. The fourth-order valence-electron chi connectivity index (χ4n) is 4.46. The van der Waals surface area contributed by atoms with E-state index < -0.39 is 0 Å². The fourth-order valence-corrected chi connectivity index (χ4v) is 5.42. The molecule has 2 aliphatic heterocycles. The van der Waals surface area contributed by atoms with Gasteiger partial charge in [-0.25, -0.2) is 0 Å². The van der Waals surface area contributed by atoms with Crippen LogP contribution >= 0.6 is 11.3 Å². The van der Waals surface area contributed by atoms with Crippen LogP contribution in [0, 0.1) is 0 Å². The van der Waals surface area contributed by atoms with Crippen LogP contribution < -0.4 is 10.5 Å². The standard InChI is InChI=1S/C23H28N6O2S/c30-20-16-19(29-22(24-20)32-23(25-29)28-10-6-1-2-7-11-28)21(31)27-14-12-26(13-15-27)17-18-8-4-3-5-9-18/h3-5,8-9,16H,1-2,6-7,10-15,17H2. The Morgan fingerprint density at radius 2 is 1.66 bits per heavy atom. The minimum absolute atomic E-state index is 0.147. The summed E-state index contributed by atoms with van der Waals surface area (Å²) in [6.45, 7) is 5.67. The molecule has 2 aliphatic rings. The smallest absolute Gasteiger partial charge is 0.274 e. The van der Waals surface area contributed by atoms with Gasteiger partial charge in [-0.15, -0.1) is 5.10 Å². The maximum atomic E-state index is 13.3. The molecular weight excluding hydrogens is 424 g/mol. The van der Waals surface area contributed by atoms with Gasteiger partial charge in [0.25, 0.3) is 11.5 Å². The van der Waals surface area contributed by atoms with Crippen molar-refractivity contribution in [1.29, 1.82) is 0 Å². The number of anilines is 1. The first kappa shape index (κ1) is 21.1. The Bertz CT molecular complexity index is 1130. The minimum Gasteiger partial charge on any atom is -0.347 e. The molecule has 0 saturated carbocycles. The maximum Gasteiger partial charge on any atom is 0.274 e. The van der Waals surface area contributed by atoms with Crippen LogP contribution in [0.2, 0.25) is 0 Å². The highest BCUT2D eigenvalue weighted by Gasteiger charge is 2.26. The number of carbonyl (C=O) groups is 1. The topological polar surface area (TPSA) is 74.0 Å². The van der Waals surface area contributed by atoms with Crippen molar-refractivity contribution in [3.05, 3.63) is 58.0 Å². The summed E-state index contributed by atoms with van der Waals surface area (Å²) in [5.41, 5.74) is 1.20.